The van der Waals surface area contributed by atoms with Crippen LogP contribution in [0.2, 0.25) is 0 Å². The number of carbonyl (C=O) groups excluding carboxylic acids is 2. The summed E-state index contributed by atoms with van der Waals surface area (Å²) in [4.78, 5) is 26.5. The van der Waals surface area contributed by atoms with Crippen LogP contribution in [-0.4, -0.2) is 42.0 Å². The molecule has 0 aromatic carbocycles. The van der Waals surface area contributed by atoms with Gasteiger partial charge < -0.3 is 15.5 Å². The van der Waals surface area contributed by atoms with E-state index in [2.05, 4.69) is 10.6 Å². The van der Waals surface area contributed by atoms with E-state index in [-0.39, 0.29) is 24.0 Å². The lowest BCUT2D eigenvalue weighted by Gasteiger charge is -2.35. The fourth-order valence-corrected chi connectivity index (χ4v) is 4.26. The second-order valence-electron chi connectivity index (χ2n) is 6.48. The van der Waals surface area contributed by atoms with Gasteiger partial charge in [0.1, 0.15) is 6.04 Å². The molecule has 1 saturated heterocycles. The van der Waals surface area contributed by atoms with Gasteiger partial charge in [0.15, 0.2) is 0 Å². The van der Waals surface area contributed by atoms with Gasteiger partial charge in [0.05, 0.1) is 0 Å². The Bertz CT molecular complexity index is 393. The minimum atomic E-state index is -0.248. The number of fused-ring (bicyclic) bond motifs is 2. The van der Waals surface area contributed by atoms with Crippen LogP contribution < -0.4 is 10.6 Å². The van der Waals surface area contributed by atoms with Gasteiger partial charge in [0, 0.05) is 19.1 Å². The highest BCUT2D eigenvalue weighted by Crippen LogP contribution is 2.42. The van der Waals surface area contributed by atoms with Crippen LogP contribution in [0.4, 0.5) is 4.79 Å². The summed E-state index contributed by atoms with van der Waals surface area (Å²) in [6.45, 7) is 0. The van der Waals surface area contributed by atoms with Crippen molar-refractivity contribution in [3.8, 4) is 0 Å². The third kappa shape index (κ3) is 2.38. The number of carbonyl (C=O) groups is 2. The maximum absolute atomic E-state index is 12.6. The van der Waals surface area contributed by atoms with Crippen molar-refractivity contribution in [2.45, 2.75) is 69.5 Å². The van der Waals surface area contributed by atoms with Crippen molar-refractivity contribution in [1.29, 1.82) is 0 Å². The van der Waals surface area contributed by atoms with Gasteiger partial charge in [-0.15, -0.1) is 0 Å². The lowest BCUT2D eigenvalue weighted by atomic mass is 9.95. The van der Waals surface area contributed by atoms with Gasteiger partial charge in [-0.25, -0.2) is 4.79 Å². The molecule has 2 bridgehead atoms. The van der Waals surface area contributed by atoms with Gasteiger partial charge >= 0.3 is 6.03 Å². The summed E-state index contributed by atoms with van der Waals surface area (Å²) in [5, 5.41) is 5.88. The zero-order chi connectivity index (χ0) is 14.1. The summed E-state index contributed by atoms with van der Waals surface area (Å²) >= 11 is 0. The van der Waals surface area contributed by atoms with Crippen LogP contribution >= 0.6 is 0 Å². The van der Waals surface area contributed by atoms with Crippen LogP contribution in [0.1, 0.15) is 51.4 Å². The SMILES string of the molecule is CNC(=O)C1C2CCC(C2)N1C(=O)NC1CCCCC1. The molecule has 20 heavy (non-hydrogen) atoms. The summed E-state index contributed by atoms with van der Waals surface area (Å²) in [7, 11) is 1.66. The van der Waals surface area contributed by atoms with Crippen LogP contribution in [0, 0.1) is 5.92 Å². The van der Waals surface area contributed by atoms with Gasteiger partial charge in [-0.05, 0) is 38.0 Å². The van der Waals surface area contributed by atoms with Crippen molar-refractivity contribution >= 4 is 11.9 Å². The van der Waals surface area contributed by atoms with E-state index in [1.807, 2.05) is 4.90 Å². The van der Waals surface area contributed by atoms with E-state index in [1.54, 1.807) is 7.05 Å². The largest absolute Gasteiger partial charge is 0.357 e. The number of nitrogens with one attached hydrogen (secondary N) is 2. The number of likely N-dealkylation sites (N-methyl/N-ethyl adjacent to an activating group) is 1. The molecule has 5 heteroatoms. The van der Waals surface area contributed by atoms with Crippen molar-refractivity contribution in [1.82, 2.24) is 15.5 Å². The van der Waals surface area contributed by atoms with E-state index >= 15 is 0 Å². The first-order valence-corrected chi connectivity index (χ1v) is 8.01. The van der Waals surface area contributed by atoms with Crippen LogP contribution in [0.15, 0.2) is 0 Å². The summed E-state index contributed by atoms with van der Waals surface area (Å²) in [6, 6.07) is 0.312. The molecule has 3 atom stereocenters. The van der Waals surface area contributed by atoms with E-state index in [0.717, 1.165) is 32.1 Å². The molecule has 3 aliphatic rings. The molecule has 3 fully saturated rings. The highest BCUT2D eigenvalue weighted by molar-refractivity contribution is 5.88. The first-order chi connectivity index (χ1) is 9.70. The fourth-order valence-electron chi connectivity index (χ4n) is 4.26. The average Bonchev–Trinajstić information content (AvgIpc) is 3.08. The molecule has 3 amide bonds. The number of amides is 3. The molecule has 112 valence electrons. The molecular formula is C15H25N3O2. The summed E-state index contributed by atoms with van der Waals surface area (Å²) < 4.78 is 0. The normalized spacial score (nSPS) is 33.2. The average molecular weight is 279 g/mol. The molecule has 1 aliphatic heterocycles. The molecule has 0 radical (unpaired) electrons. The molecule has 0 aromatic rings. The highest BCUT2D eigenvalue weighted by Gasteiger charge is 2.51. The monoisotopic (exact) mass is 279 g/mol. The van der Waals surface area contributed by atoms with E-state index in [4.69, 9.17) is 0 Å². The minimum absolute atomic E-state index is 0.00371. The smallest absolute Gasteiger partial charge is 0.318 e. The summed E-state index contributed by atoms with van der Waals surface area (Å²) in [6.07, 6.45) is 8.98. The number of hydrogen-bond donors (Lipinski definition) is 2. The summed E-state index contributed by atoms with van der Waals surface area (Å²) in [5.41, 5.74) is 0. The van der Waals surface area contributed by atoms with Crippen molar-refractivity contribution in [3.63, 3.8) is 0 Å². The molecule has 0 spiro atoms. The Morgan fingerprint density at radius 2 is 1.80 bits per heavy atom. The van der Waals surface area contributed by atoms with Crippen LogP contribution in [0.25, 0.3) is 0 Å². The van der Waals surface area contributed by atoms with Crippen LogP contribution in [-0.2, 0) is 4.79 Å². The molecule has 5 nitrogen and oxygen atoms in total. The van der Waals surface area contributed by atoms with Crippen molar-refractivity contribution in [3.05, 3.63) is 0 Å². The maximum atomic E-state index is 12.6. The predicted molar refractivity (Wildman–Crippen MR) is 76.2 cm³/mol. The Kier molecular flexibility index (Phi) is 3.85. The fraction of sp³-hybridized carbons (Fsp3) is 0.867. The van der Waals surface area contributed by atoms with Crippen LogP contribution in [0.5, 0.6) is 0 Å². The second-order valence-corrected chi connectivity index (χ2v) is 6.48. The molecule has 2 aliphatic carbocycles. The van der Waals surface area contributed by atoms with Gasteiger partial charge in [-0.1, -0.05) is 19.3 Å². The quantitative estimate of drug-likeness (QED) is 0.807. The Labute approximate surface area is 120 Å². The standard InChI is InChI=1S/C15H25N3O2/c1-16-14(19)13-10-7-8-12(9-10)18(13)15(20)17-11-5-3-2-4-6-11/h10-13H,2-9H2,1H3,(H,16,19)(H,17,20). The zero-order valence-corrected chi connectivity index (χ0v) is 12.2. The summed E-state index contributed by atoms with van der Waals surface area (Å²) in [5.74, 6) is 0.355. The maximum Gasteiger partial charge on any atom is 0.318 e. The molecule has 1 heterocycles. The first-order valence-electron chi connectivity index (χ1n) is 8.01. The van der Waals surface area contributed by atoms with E-state index in [9.17, 15) is 9.59 Å². The van der Waals surface area contributed by atoms with Crippen molar-refractivity contribution in [2.24, 2.45) is 5.92 Å². The van der Waals surface area contributed by atoms with Crippen molar-refractivity contribution in [2.75, 3.05) is 7.05 Å². The van der Waals surface area contributed by atoms with Gasteiger partial charge in [-0.3, -0.25) is 4.79 Å². The second kappa shape index (κ2) is 5.62. The van der Waals surface area contributed by atoms with E-state index in [1.165, 1.54) is 19.3 Å². The lowest BCUT2D eigenvalue weighted by molar-refractivity contribution is -0.126. The molecule has 3 unspecified atom stereocenters. The Hall–Kier alpha value is -1.26. The number of piperidine rings is 1. The van der Waals surface area contributed by atoms with Gasteiger partial charge in [-0.2, -0.15) is 0 Å². The van der Waals surface area contributed by atoms with E-state index in [0.29, 0.717) is 12.0 Å². The number of likely N-dealkylation sites (tertiary alicyclic amines) is 1. The number of nitrogens with zero attached hydrogens (tertiary/aromatic N) is 1. The topological polar surface area (TPSA) is 61.4 Å². The first kappa shape index (κ1) is 13.7. The zero-order valence-electron chi connectivity index (χ0n) is 12.2. The van der Waals surface area contributed by atoms with Gasteiger partial charge in [0.2, 0.25) is 5.91 Å². The Balaban J connectivity index is 1.67. The molecule has 2 saturated carbocycles. The Morgan fingerprint density at radius 3 is 2.50 bits per heavy atom. The highest BCUT2D eigenvalue weighted by atomic mass is 16.2. The molecule has 3 rings (SSSR count). The third-order valence-corrected chi connectivity index (χ3v) is 5.27. The predicted octanol–water partition coefficient (Wildman–Crippen LogP) is 1.63. The third-order valence-electron chi connectivity index (χ3n) is 5.27. The van der Waals surface area contributed by atoms with Gasteiger partial charge in [0.25, 0.3) is 0 Å². The molecule has 2 N–H and O–H groups in total. The molecule has 0 aromatic heterocycles. The van der Waals surface area contributed by atoms with E-state index < -0.39 is 0 Å². The van der Waals surface area contributed by atoms with Crippen LogP contribution in [0.3, 0.4) is 0 Å². The number of urea groups is 1. The minimum Gasteiger partial charge on any atom is -0.357 e. The Morgan fingerprint density at radius 1 is 1.05 bits per heavy atom. The number of hydrogen-bond acceptors (Lipinski definition) is 2. The lowest BCUT2D eigenvalue weighted by Crippen LogP contribution is -2.56. The molecular weight excluding hydrogens is 254 g/mol. The number of rotatable bonds is 2. The van der Waals surface area contributed by atoms with Crippen molar-refractivity contribution < 1.29 is 9.59 Å².